The zero-order chi connectivity index (χ0) is 23.6. The molecule has 34 heavy (non-hydrogen) atoms. The van der Waals surface area contributed by atoms with Crippen molar-refractivity contribution in [3.63, 3.8) is 0 Å². The van der Waals surface area contributed by atoms with Gasteiger partial charge in [-0.05, 0) is 55.8 Å². The van der Waals surface area contributed by atoms with Gasteiger partial charge in [0.15, 0.2) is 0 Å². The molecule has 2 aliphatic heterocycles. The molecular weight excluding hydrogens is 426 g/mol. The molecule has 1 atom stereocenters. The fraction of sp³-hybridized carbons (Fsp3) is 0.481. The van der Waals surface area contributed by atoms with Crippen LogP contribution in [0, 0.1) is 5.92 Å². The number of hydrogen-bond donors (Lipinski definition) is 3. The predicted octanol–water partition coefficient (Wildman–Crippen LogP) is 3.30. The van der Waals surface area contributed by atoms with Gasteiger partial charge in [0.2, 0.25) is 5.91 Å². The van der Waals surface area contributed by atoms with Crippen LogP contribution in [0.3, 0.4) is 0 Å². The Morgan fingerprint density at radius 1 is 0.853 bits per heavy atom. The van der Waals surface area contributed by atoms with Crippen LogP contribution in [0.15, 0.2) is 60.7 Å². The SMILES string of the molecule is O=C(CN1CCC(NC(=O)NCC2CCCN(Cc3ccccc3)C2)CC1)Nc1ccccc1. The van der Waals surface area contributed by atoms with E-state index in [9.17, 15) is 9.59 Å². The van der Waals surface area contributed by atoms with E-state index in [2.05, 4.69) is 56.1 Å². The molecule has 7 heteroatoms. The summed E-state index contributed by atoms with van der Waals surface area (Å²) in [5, 5.41) is 9.17. The Labute approximate surface area is 202 Å². The van der Waals surface area contributed by atoms with Crippen LogP contribution in [-0.2, 0) is 11.3 Å². The third-order valence-corrected chi connectivity index (χ3v) is 6.75. The minimum absolute atomic E-state index is 0.00384. The molecule has 0 saturated carbocycles. The number of nitrogens with zero attached hydrogens (tertiary/aromatic N) is 2. The minimum atomic E-state index is -0.0690. The highest BCUT2D eigenvalue weighted by molar-refractivity contribution is 5.92. The molecule has 0 spiro atoms. The molecule has 4 rings (SSSR count). The maximum absolute atomic E-state index is 12.5. The summed E-state index contributed by atoms with van der Waals surface area (Å²) in [6.07, 6.45) is 4.06. The van der Waals surface area contributed by atoms with E-state index in [0.717, 1.165) is 64.2 Å². The molecular formula is C27H37N5O2. The van der Waals surface area contributed by atoms with E-state index in [0.29, 0.717) is 12.5 Å². The molecule has 0 aromatic heterocycles. The molecule has 1 unspecified atom stereocenters. The number of nitrogens with one attached hydrogen (secondary N) is 3. The van der Waals surface area contributed by atoms with Crippen LogP contribution in [-0.4, -0.2) is 67.0 Å². The second-order valence-corrected chi connectivity index (χ2v) is 9.55. The standard InChI is InChI=1S/C27H37N5O2/c33-26(29-24-11-5-2-6-12-24)21-31-16-13-25(14-17-31)30-27(34)28-18-23-10-7-15-32(20-23)19-22-8-3-1-4-9-22/h1-6,8-9,11-12,23,25H,7,10,13-21H2,(H,29,33)(H2,28,30,34). The van der Waals surface area contributed by atoms with Crippen LogP contribution in [0.1, 0.15) is 31.2 Å². The summed E-state index contributed by atoms with van der Waals surface area (Å²) in [5.41, 5.74) is 2.17. The van der Waals surface area contributed by atoms with Gasteiger partial charge in [-0.3, -0.25) is 14.6 Å². The van der Waals surface area contributed by atoms with E-state index in [-0.39, 0.29) is 18.0 Å². The molecule has 2 heterocycles. The normalized spacial score (nSPS) is 19.9. The van der Waals surface area contributed by atoms with Crippen LogP contribution >= 0.6 is 0 Å². The summed E-state index contributed by atoms with van der Waals surface area (Å²) in [6.45, 7) is 5.85. The highest BCUT2D eigenvalue weighted by Crippen LogP contribution is 2.18. The van der Waals surface area contributed by atoms with Gasteiger partial charge in [0, 0.05) is 44.5 Å². The monoisotopic (exact) mass is 463 g/mol. The quantitative estimate of drug-likeness (QED) is 0.562. The number of amides is 3. The lowest BCUT2D eigenvalue weighted by Gasteiger charge is -2.33. The van der Waals surface area contributed by atoms with E-state index < -0.39 is 0 Å². The van der Waals surface area contributed by atoms with Gasteiger partial charge in [0.1, 0.15) is 0 Å². The van der Waals surface area contributed by atoms with Gasteiger partial charge in [-0.15, -0.1) is 0 Å². The molecule has 2 fully saturated rings. The first-order valence-corrected chi connectivity index (χ1v) is 12.5. The summed E-state index contributed by atoms with van der Waals surface area (Å²) < 4.78 is 0. The Balaban J connectivity index is 1.10. The highest BCUT2D eigenvalue weighted by atomic mass is 16.2. The average molecular weight is 464 g/mol. The molecule has 7 nitrogen and oxygen atoms in total. The number of rotatable bonds is 8. The topological polar surface area (TPSA) is 76.7 Å². The lowest BCUT2D eigenvalue weighted by atomic mass is 9.97. The molecule has 2 aromatic carbocycles. The van der Waals surface area contributed by atoms with Gasteiger partial charge in [0.25, 0.3) is 0 Å². The summed E-state index contributed by atoms with van der Waals surface area (Å²) in [4.78, 5) is 29.4. The summed E-state index contributed by atoms with van der Waals surface area (Å²) in [5.74, 6) is 0.498. The number of urea groups is 1. The fourth-order valence-corrected chi connectivity index (χ4v) is 4.94. The maximum atomic E-state index is 12.5. The fourth-order valence-electron chi connectivity index (χ4n) is 4.94. The van der Waals surface area contributed by atoms with E-state index >= 15 is 0 Å². The molecule has 3 N–H and O–H groups in total. The van der Waals surface area contributed by atoms with Crippen molar-refractivity contribution in [3.05, 3.63) is 66.2 Å². The van der Waals surface area contributed by atoms with Gasteiger partial charge in [0.05, 0.1) is 6.54 Å². The van der Waals surface area contributed by atoms with Gasteiger partial charge in [-0.1, -0.05) is 48.5 Å². The lowest BCUT2D eigenvalue weighted by molar-refractivity contribution is -0.117. The number of benzene rings is 2. The number of likely N-dealkylation sites (tertiary alicyclic amines) is 2. The number of hydrogen-bond acceptors (Lipinski definition) is 4. The molecule has 3 amide bonds. The van der Waals surface area contributed by atoms with Crippen molar-refractivity contribution < 1.29 is 9.59 Å². The Kier molecular flexibility index (Phi) is 8.93. The number of carbonyl (C=O) groups is 2. The van der Waals surface area contributed by atoms with Gasteiger partial charge < -0.3 is 16.0 Å². The molecule has 0 bridgehead atoms. The third kappa shape index (κ3) is 7.85. The highest BCUT2D eigenvalue weighted by Gasteiger charge is 2.24. The van der Waals surface area contributed by atoms with Crippen molar-refractivity contribution >= 4 is 17.6 Å². The Morgan fingerprint density at radius 2 is 1.56 bits per heavy atom. The average Bonchev–Trinajstić information content (AvgIpc) is 2.85. The van der Waals surface area contributed by atoms with Gasteiger partial charge >= 0.3 is 6.03 Å². The first-order chi connectivity index (χ1) is 16.6. The van der Waals surface area contributed by atoms with Crippen molar-refractivity contribution in [1.29, 1.82) is 0 Å². The van der Waals surface area contributed by atoms with E-state index in [1.54, 1.807) is 0 Å². The number of piperidine rings is 2. The predicted molar refractivity (Wildman–Crippen MR) is 136 cm³/mol. The Morgan fingerprint density at radius 3 is 2.29 bits per heavy atom. The minimum Gasteiger partial charge on any atom is -0.338 e. The Bertz CT molecular complexity index is 900. The van der Waals surface area contributed by atoms with Gasteiger partial charge in [-0.25, -0.2) is 4.79 Å². The van der Waals surface area contributed by atoms with Crippen molar-refractivity contribution in [2.45, 2.75) is 38.3 Å². The van der Waals surface area contributed by atoms with Crippen LogP contribution in [0.4, 0.5) is 10.5 Å². The van der Waals surface area contributed by atoms with E-state index in [4.69, 9.17) is 0 Å². The molecule has 182 valence electrons. The van der Waals surface area contributed by atoms with E-state index in [1.807, 2.05) is 30.3 Å². The second kappa shape index (κ2) is 12.5. The zero-order valence-corrected chi connectivity index (χ0v) is 19.9. The third-order valence-electron chi connectivity index (χ3n) is 6.75. The van der Waals surface area contributed by atoms with Crippen molar-refractivity contribution in [2.24, 2.45) is 5.92 Å². The first-order valence-electron chi connectivity index (χ1n) is 12.5. The van der Waals surface area contributed by atoms with Crippen molar-refractivity contribution in [1.82, 2.24) is 20.4 Å². The number of para-hydroxylation sites is 1. The second-order valence-electron chi connectivity index (χ2n) is 9.55. The Hall–Kier alpha value is -2.90. The molecule has 0 radical (unpaired) electrons. The van der Waals surface area contributed by atoms with Crippen molar-refractivity contribution in [2.75, 3.05) is 44.6 Å². The number of carbonyl (C=O) groups excluding carboxylic acids is 2. The largest absolute Gasteiger partial charge is 0.338 e. The zero-order valence-electron chi connectivity index (χ0n) is 19.9. The van der Waals surface area contributed by atoms with Crippen LogP contribution < -0.4 is 16.0 Å². The molecule has 2 aromatic rings. The lowest BCUT2D eigenvalue weighted by Crippen LogP contribution is -2.50. The molecule has 2 saturated heterocycles. The van der Waals surface area contributed by atoms with Gasteiger partial charge in [-0.2, -0.15) is 0 Å². The maximum Gasteiger partial charge on any atom is 0.315 e. The summed E-state index contributed by atoms with van der Waals surface area (Å²) in [7, 11) is 0. The first kappa shape index (κ1) is 24.2. The van der Waals surface area contributed by atoms with Crippen molar-refractivity contribution in [3.8, 4) is 0 Å². The smallest absolute Gasteiger partial charge is 0.315 e. The summed E-state index contributed by atoms with van der Waals surface area (Å²) in [6, 6.07) is 20.2. The van der Waals surface area contributed by atoms with E-state index in [1.165, 1.54) is 12.0 Å². The molecule has 0 aliphatic carbocycles. The number of anilines is 1. The van der Waals surface area contributed by atoms with Crippen LogP contribution in [0.2, 0.25) is 0 Å². The molecule has 2 aliphatic rings. The van der Waals surface area contributed by atoms with Crippen LogP contribution in [0.25, 0.3) is 0 Å². The summed E-state index contributed by atoms with van der Waals surface area (Å²) >= 11 is 0. The van der Waals surface area contributed by atoms with Crippen LogP contribution in [0.5, 0.6) is 0 Å².